The molecule has 0 saturated heterocycles. The largest absolute Gasteiger partial charge is 0.395 e. The predicted octanol–water partition coefficient (Wildman–Crippen LogP) is 1.16. The molecule has 13 heavy (non-hydrogen) atoms. The maximum atomic E-state index is 8.92. The van der Waals surface area contributed by atoms with Gasteiger partial charge in [0.15, 0.2) is 0 Å². The normalized spacial score (nSPS) is 13.2. The second kappa shape index (κ2) is 9.96. The molecule has 0 amide bonds. The zero-order chi connectivity index (χ0) is 9.94. The molecule has 80 valence electrons. The summed E-state index contributed by atoms with van der Waals surface area (Å²) < 4.78 is 4.95. The number of nitrogens with one attached hydrogen (secondary N) is 1. The van der Waals surface area contributed by atoms with Crippen LogP contribution in [-0.2, 0) is 4.74 Å². The molecule has 3 nitrogen and oxygen atoms in total. The van der Waals surface area contributed by atoms with E-state index < -0.39 is 0 Å². The van der Waals surface area contributed by atoms with Crippen molar-refractivity contribution in [1.29, 1.82) is 0 Å². The molecule has 0 rings (SSSR count). The molecule has 1 unspecified atom stereocenters. The SMILES string of the molecule is CCCCCCNC(CO)COC. The van der Waals surface area contributed by atoms with Gasteiger partial charge in [0.25, 0.3) is 0 Å². The van der Waals surface area contributed by atoms with E-state index >= 15 is 0 Å². The highest BCUT2D eigenvalue weighted by Crippen LogP contribution is 1.97. The number of rotatable bonds is 9. The molecule has 0 aromatic heterocycles. The summed E-state index contributed by atoms with van der Waals surface area (Å²) >= 11 is 0. The Morgan fingerprint density at radius 1 is 1.31 bits per heavy atom. The van der Waals surface area contributed by atoms with E-state index in [9.17, 15) is 0 Å². The molecular formula is C10H23NO2. The van der Waals surface area contributed by atoms with Crippen LogP contribution in [0.25, 0.3) is 0 Å². The molecule has 1 atom stereocenters. The third-order valence-corrected chi connectivity index (χ3v) is 2.05. The van der Waals surface area contributed by atoms with E-state index in [1.807, 2.05) is 0 Å². The Hall–Kier alpha value is -0.120. The van der Waals surface area contributed by atoms with Crippen molar-refractivity contribution in [3.63, 3.8) is 0 Å². The number of ether oxygens (including phenoxy) is 1. The molecule has 0 aromatic rings. The lowest BCUT2D eigenvalue weighted by Crippen LogP contribution is -2.36. The summed E-state index contributed by atoms with van der Waals surface area (Å²) in [7, 11) is 1.65. The predicted molar refractivity (Wildman–Crippen MR) is 54.9 cm³/mol. The van der Waals surface area contributed by atoms with E-state index in [1.54, 1.807) is 7.11 Å². The third kappa shape index (κ3) is 8.22. The van der Waals surface area contributed by atoms with E-state index in [0.29, 0.717) is 6.61 Å². The Morgan fingerprint density at radius 3 is 2.62 bits per heavy atom. The van der Waals surface area contributed by atoms with Gasteiger partial charge in [-0.25, -0.2) is 0 Å². The lowest BCUT2D eigenvalue weighted by Gasteiger charge is -2.14. The molecule has 0 fully saturated rings. The number of aliphatic hydroxyl groups excluding tert-OH is 1. The molecule has 3 heteroatoms. The zero-order valence-corrected chi connectivity index (χ0v) is 8.88. The van der Waals surface area contributed by atoms with Crippen molar-refractivity contribution in [3.05, 3.63) is 0 Å². The van der Waals surface area contributed by atoms with E-state index in [0.717, 1.165) is 6.54 Å². The summed E-state index contributed by atoms with van der Waals surface area (Å²) in [4.78, 5) is 0. The van der Waals surface area contributed by atoms with Crippen molar-refractivity contribution in [2.75, 3.05) is 26.9 Å². The van der Waals surface area contributed by atoms with Gasteiger partial charge in [0.1, 0.15) is 0 Å². The second-order valence-corrected chi connectivity index (χ2v) is 3.35. The number of aliphatic hydroxyl groups is 1. The Balaban J connectivity index is 3.17. The average Bonchev–Trinajstić information content (AvgIpc) is 2.16. The van der Waals surface area contributed by atoms with E-state index in [4.69, 9.17) is 9.84 Å². The van der Waals surface area contributed by atoms with E-state index in [2.05, 4.69) is 12.2 Å². The first kappa shape index (κ1) is 12.9. The molecule has 0 bridgehead atoms. The van der Waals surface area contributed by atoms with Gasteiger partial charge in [-0.1, -0.05) is 26.2 Å². The van der Waals surface area contributed by atoms with Crippen LogP contribution in [0.4, 0.5) is 0 Å². The van der Waals surface area contributed by atoms with Crippen LogP contribution in [0, 0.1) is 0 Å². The second-order valence-electron chi connectivity index (χ2n) is 3.35. The van der Waals surface area contributed by atoms with E-state index in [-0.39, 0.29) is 12.6 Å². The molecule has 0 aliphatic carbocycles. The Morgan fingerprint density at radius 2 is 2.08 bits per heavy atom. The van der Waals surface area contributed by atoms with Gasteiger partial charge in [-0.3, -0.25) is 0 Å². The van der Waals surface area contributed by atoms with Crippen molar-refractivity contribution in [1.82, 2.24) is 5.32 Å². The average molecular weight is 189 g/mol. The smallest absolute Gasteiger partial charge is 0.0638 e. The molecule has 0 aliphatic rings. The summed E-state index contributed by atoms with van der Waals surface area (Å²) in [5, 5.41) is 12.2. The maximum Gasteiger partial charge on any atom is 0.0638 e. The molecular weight excluding hydrogens is 166 g/mol. The quantitative estimate of drug-likeness (QED) is 0.535. The van der Waals surface area contributed by atoms with Crippen LogP contribution < -0.4 is 5.32 Å². The van der Waals surface area contributed by atoms with Gasteiger partial charge in [-0.05, 0) is 13.0 Å². The summed E-state index contributed by atoms with van der Waals surface area (Å²) in [5.41, 5.74) is 0. The molecule has 0 heterocycles. The van der Waals surface area contributed by atoms with Crippen molar-refractivity contribution >= 4 is 0 Å². The van der Waals surface area contributed by atoms with Crippen LogP contribution in [-0.4, -0.2) is 38.0 Å². The highest BCUT2D eigenvalue weighted by Gasteiger charge is 2.03. The van der Waals surface area contributed by atoms with Crippen LogP contribution in [0.5, 0.6) is 0 Å². The first-order valence-electron chi connectivity index (χ1n) is 5.18. The minimum absolute atomic E-state index is 0.103. The third-order valence-electron chi connectivity index (χ3n) is 2.05. The highest BCUT2D eigenvalue weighted by molar-refractivity contribution is 4.63. The fourth-order valence-corrected chi connectivity index (χ4v) is 1.24. The molecule has 0 aliphatic heterocycles. The van der Waals surface area contributed by atoms with Crippen LogP contribution in [0.2, 0.25) is 0 Å². The van der Waals surface area contributed by atoms with Gasteiger partial charge in [0.05, 0.1) is 19.3 Å². The van der Waals surface area contributed by atoms with Crippen molar-refractivity contribution in [3.8, 4) is 0 Å². The Labute approximate surface area is 81.5 Å². The number of methoxy groups -OCH3 is 1. The molecule has 0 radical (unpaired) electrons. The molecule has 0 aromatic carbocycles. The molecule has 2 N–H and O–H groups in total. The molecule has 0 spiro atoms. The van der Waals surface area contributed by atoms with Crippen LogP contribution in [0.15, 0.2) is 0 Å². The fraction of sp³-hybridized carbons (Fsp3) is 1.00. The van der Waals surface area contributed by atoms with Gasteiger partial charge in [0.2, 0.25) is 0 Å². The topological polar surface area (TPSA) is 41.5 Å². The minimum Gasteiger partial charge on any atom is -0.395 e. The van der Waals surface area contributed by atoms with E-state index in [1.165, 1.54) is 25.7 Å². The van der Waals surface area contributed by atoms with Crippen molar-refractivity contribution < 1.29 is 9.84 Å². The summed E-state index contributed by atoms with van der Waals surface area (Å²) in [6.45, 7) is 3.93. The van der Waals surface area contributed by atoms with Gasteiger partial charge < -0.3 is 15.2 Å². The van der Waals surface area contributed by atoms with Crippen molar-refractivity contribution in [2.45, 2.75) is 38.6 Å². The number of hydrogen-bond acceptors (Lipinski definition) is 3. The van der Waals surface area contributed by atoms with Crippen LogP contribution in [0.3, 0.4) is 0 Å². The lowest BCUT2D eigenvalue weighted by molar-refractivity contribution is 0.128. The zero-order valence-electron chi connectivity index (χ0n) is 8.88. The lowest BCUT2D eigenvalue weighted by atomic mass is 10.2. The van der Waals surface area contributed by atoms with Gasteiger partial charge in [-0.2, -0.15) is 0 Å². The highest BCUT2D eigenvalue weighted by atomic mass is 16.5. The van der Waals surface area contributed by atoms with Crippen LogP contribution in [0.1, 0.15) is 32.6 Å². The standard InChI is InChI=1S/C10H23NO2/c1-3-4-5-6-7-11-10(8-12)9-13-2/h10-12H,3-9H2,1-2H3. The first-order chi connectivity index (χ1) is 6.35. The van der Waals surface area contributed by atoms with Crippen molar-refractivity contribution in [2.24, 2.45) is 0 Å². The minimum atomic E-state index is 0.103. The summed E-state index contributed by atoms with van der Waals surface area (Å²) in [5.74, 6) is 0. The Kier molecular flexibility index (Phi) is 9.87. The molecule has 0 saturated carbocycles. The van der Waals surface area contributed by atoms with Gasteiger partial charge >= 0.3 is 0 Å². The first-order valence-corrected chi connectivity index (χ1v) is 5.18. The van der Waals surface area contributed by atoms with Crippen LogP contribution >= 0.6 is 0 Å². The monoisotopic (exact) mass is 189 g/mol. The summed E-state index contributed by atoms with van der Waals surface area (Å²) in [6.07, 6.45) is 5.03. The Bertz CT molecular complexity index is 98.9. The number of hydrogen-bond donors (Lipinski definition) is 2. The number of unbranched alkanes of at least 4 members (excludes halogenated alkanes) is 3. The van der Waals surface area contributed by atoms with Gasteiger partial charge in [0, 0.05) is 7.11 Å². The fourth-order valence-electron chi connectivity index (χ4n) is 1.24. The summed E-state index contributed by atoms with van der Waals surface area (Å²) in [6, 6.07) is 0.103. The van der Waals surface area contributed by atoms with Gasteiger partial charge in [-0.15, -0.1) is 0 Å². The maximum absolute atomic E-state index is 8.92.